The van der Waals surface area contributed by atoms with Crippen LogP contribution in [-0.2, 0) is 9.53 Å². The van der Waals surface area contributed by atoms with E-state index < -0.39 is 0 Å². The summed E-state index contributed by atoms with van der Waals surface area (Å²) in [6.07, 6.45) is 3.12. The van der Waals surface area contributed by atoms with Crippen molar-refractivity contribution in [3.05, 3.63) is 12.7 Å². The second kappa shape index (κ2) is 7.80. The molecule has 1 N–H and O–H groups in total. The number of esters is 1. The van der Waals surface area contributed by atoms with Gasteiger partial charge in [0.05, 0.1) is 6.61 Å². The Morgan fingerprint density at radius 2 is 2.23 bits per heavy atom. The predicted octanol–water partition coefficient (Wildman–Crippen LogP) is 1.49. The van der Waals surface area contributed by atoms with Gasteiger partial charge in [0.1, 0.15) is 0 Å². The largest absolute Gasteiger partial charge is 0.463 e. The molecule has 76 valence electrons. The fraction of sp³-hybridized carbons (Fsp3) is 0.700. The molecule has 0 bridgehead atoms. The summed E-state index contributed by atoms with van der Waals surface area (Å²) in [7, 11) is 0. The highest BCUT2D eigenvalue weighted by Gasteiger charge is 1.95. The normalized spacial score (nSPS) is 10.1. The molecule has 13 heavy (non-hydrogen) atoms. The minimum atomic E-state index is -0.336. The van der Waals surface area contributed by atoms with E-state index in [1.807, 2.05) is 0 Å². The van der Waals surface area contributed by atoms with E-state index in [0.717, 1.165) is 19.4 Å². The van der Waals surface area contributed by atoms with Gasteiger partial charge in [0, 0.05) is 12.1 Å². The van der Waals surface area contributed by atoms with Crippen LogP contribution < -0.4 is 5.32 Å². The third kappa shape index (κ3) is 9.08. The van der Waals surface area contributed by atoms with Crippen molar-refractivity contribution in [2.75, 3.05) is 13.2 Å². The Morgan fingerprint density at radius 3 is 2.77 bits per heavy atom. The number of rotatable bonds is 7. The zero-order valence-corrected chi connectivity index (χ0v) is 8.51. The van der Waals surface area contributed by atoms with Gasteiger partial charge in [0.25, 0.3) is 0 Å². The molecule has 0 aromatic heterocycles. The number of hydrogen-bond donors (Lipinski definition) is 1. The topological polar surface area (TPSA) is 38.3 Å². The fourth-order valence-corrected chi connectivity index (χ4v) is 0.849. The Hall–Kier alpha value is -0.830. The highest BCUT2D eigenvalue weighted by atomic mass is 16.5. The number of nitrogens with one attached hydrogen (secondary N) is 1. The summed E-state index contributed by atoms with van der Waals surface area (Å²) in [5.74, 6) is -0.336. The second-order valence-corrected chi connectivity index (χ2v) is 3.19. The van der Waals surface area contributed by atoms with Gasteiger partial charge in [-0.05, 0) is 19.4 Å². The summed E-state index contributed by atoms with van der Waals surface area (Å²) in [5.41, 5.74) is 0. The molecule has 0 radical (unpaired) electrons. The Balaban J connectivity index is 3.08. The molecule has 0 aliphatic carbocycles. The average molecular weight is 185 g/mol. The molecule has 0 saturated heterocycles. The zero-order valence-electron chi connectivity index (χ0n) is 8.51. The molecule has 0 unspecified atom stereocenters. The monoisotopic (exact) mass is 185 g/mol. The quantitative estimate of drug-likeness (QED) is 0.371. The molecule has 0 aromatic rings. The molecule has 0 aromatic carbocycles. The van der Waals surface area contributed by atoms with Gasteiger partial charge in [-0.25, -0.2) is 4.79 Å². The fourth-order valence-electron chi connectivity index (χ4n) is 0.849. The molecule has 0 spiro atoms. The second-order valence-electron chi connectivity index (χ2n) is 3.19. The van der Waals surface area contributed by atoms with E-state index in [2.05, 4.69) is 25.7 Å². The number of unbranched alkanes of at least 4 members (excludes halogenated alkanes) is 1. The van der Waals surface area contributed by atoms with Crippen LogP contribution in [0.15, 0.2) is 12.7 Å². The standard InChI is InChI=1S/C10H19NO2/c1-4-10(12)13-8-6-5-7-11-9(2)3/h4,9,11H,1,5-8H2,2-3H3. The third-order valence-electron chi connectivity index (χ3n) is 1.53. The van der Waals surface area contributed by atoms with E-state index in [1.165, 1.54) is 6.08 Å². The highest BCUT2D eigenvalue weighted by molar-refractivity contribution is 5.81. The van der Waals surface area contributed by atoms with Gasteiger partial charge >= 0.3 is 5.97 Å². The van der Waals surface area contributed by atoms with Crippen LogP contribution in [0, 0.1) is 0 Å². The summed E-state index contributed by atoms with van der Waals surface area (Å²) >= 11 is 0. The minimum Gasteiger partial charge on any atom is -0.463 e. The van der Waals surface area contributed by atoms with Gasteiger partial charge in [-0.3, -0.25) is 0 Å². The third-order valence-corrected chi connectivity index (χ3v) is 1.53. The van der Waals surface area contributed by atoms with Crippen LogP contribution in [0.3, 0.4) is 0 Å². The summed E-state index contributed by atoms with van der Waals surface area (Å²) in [6, 6.07) is 0.524. The highest BCUT2D eigenvalue weighted by Crippen LogP contribution is 1.90. The van der Waals surface area contributed by atoms with Gasteiger partial charge in [-0.1, -0.05) is 20.4 Å². The van der Waals surface area contributed by atoms with Crippen molar-refractivity contribution in [1.82, 2.24) is 5.32 Å². The van der Waals surface area contributed by atoms with Crippen LogP contribution in [0.25, 0.3) is 0 Å². The number of carbonyl (C=O) groups excluding carboxylic acids is 1. The van der Waals surface area contributed by atoms with Crippen LogP contribution in [0.2, 0.25) is 0 Å². The first kappa shape index (κ1) is 12.2. The van der Waals surface area contributed by atoms with Crippen molar-refractivity contribution in [2.24, 2.45) is 0 Å². The Morgan fingerprint density at radius 1 is 1.54 bits per heavy atom. The summed E-state index contributed by atoms with van der Waals surface area (Å²) in [6.45, 7) is 9.00. The van der Waals surface area contributed by atoms with Crippen LogP contribution in [0.5, 0.6) is 0 Å². The van der Waals surface area contributed by atoms with E-state index in [0.29, 0.717) is 12.6 Å². The number of ether oxygens (including phenoxy) is 1. The molecule has 0 aliphatic rings. The van der Waals surface area contributed by atoms with Gasteiger partial charge in [0.15, 0.2) is 0 Å². The SMILES string of the molecule is C=CC(=O)OCCCCNC(C)C. The van der Waals surface area contributed by atoms with Gasteiger partial charge in [-0.15, -0.1) is 0 Å². The molecule has 0 atom stereocenters. The first-order valence-corrected chi connectivity index (χ1v) is 4.69. The predicted molar refractivity (Wildman–Crippen MR) is 53.5 cm³/mol. The van der Waals surface area contributed by atoms with Gasteiger partial charge < -0.3 is 10.1 Å². The lowest BCUT2D eigenvalue weighted by Crippen LogP contribution is -2.23. The lowest BCUT2D eigenvalue weighted by molar-refractivity contribution is -0.137. The van der Waals surface area contributed by atoms with Crippen LogP contribution in [0.1, 0.15) is 26.7 Å². The minimum absolute atomic E-state index is 0.336. The van der Waals surface area contributed by atoms with Crippen molar-refractivity contribution < 1.29 is 9.53 Å². The first-order valence-electron chi connectivity index (χ1n) is 4.69. The summed E-state index contributed by atoms with van der Waals surface area (Å²) in [5, 5.41) is 3.29. The van der Waals surface area contributed by atoms with Crippen LogP contribution in [-0.4, -0.2) is 25.2 Å². The molecule has 0 heterocycles. The molecule has 3 nitrogen and oxygen atoms in total. The lowest BCUT2D eigenvalue weighted by Gasteiger charge is -2.07. The maximum absolute atomic E-state index is 10.6. The van der Waals surface area contributed by atoms with Crippen LogP contribution >= 0.6 is 0 Å². The van der Waals surface area contributed by atoms with Crippen molar-refractivity contribution >= 4 is 5.97 Å². The molecule has 0 aliphatic heterocycles. The van der Waals surface area contributed by atoms with E-state index >= 15 is 0 Å². The maximum atomic E-state index is 10.6. The average Bonchev–Trinajstić information content (AvgIpc) is 2.10. The van der Waals surface area contributed by atoms with Crippen molar-refractivity contribution in [3.63, 3.8) is 0 Å². The first-order chi connectivity index (χ1) is 6.16. The van der Waals surface area contributed by atoms with Gasteiger partial charge in [0.2, 0.25) is 0 Å². The van der Waals surface area contributed by atoms with E-state index in [4.69, 9.17) is 4.74 Å². The van der Waals surface area contributed by atoms with Gasteiger partial charge in [-0.2, -0.15) is 0 Å². The van der Waals surface area contributed by atoms with E-state index in [1.54, 1.807) is 0 Å². The molecule has 0 saturated carbocycles. The number of hydrogen-bond acceptors (Lipinski definition) is 3. The Labute approximate surface area is 80.2 Å². The molecular formula is C10H19NO2. The van der Waals surface area contributed by atoms with E-state index in [9.17, 15) is 4.79 Å². The number of carbonyl (C=O) groups is 1. The van der Waals surface area contributed by atoms with Crippen molar-refractivity contribution in [2.45, 2.75) is 32.7 Å². The summed E-state index contributed by atoms with van der Waals surface area (Å²) < 4.78 is 4.81. The Kier molecular flexibility index (Phi) is 7.30. The Bertz CT molecular complexity index is 155. The molecular weight excluding hydrogens is 166 g/mol. The molecule has 0 amide bonds. The van der Waals surface area contributed by atoms with E-state index in [-0.39, 0.29) is 5.97 Å². The lowest BCUT2D eigenvalue weighted by atomic mass is 10.3. The summed E-state index contributed by atoms with van der Waals surface area (Å²) in [4.78, 5) is 10.6. The zero-order chi connectivity index (χ0) is 10.1. The van der Waals surface area contributed by atoms with Crippen molar-refractivity contribution in [1.29, 1.82) is 0 Å². The smallest absolute Gasteiger partial charge is 0.330 e. The van der Waals surface area contributed by atoms with Crippen molar-refractivity contribution in [3.8, 4) is 0 Å². The van der Waals surface area contributed by atoms with Crippen LogP contribution in [0.4, 0.5) is 0 Å². The molecule has 0 fully saturated rings. The molecule has 3 heteroatoms. The molecule has 0 rings (SSSR count). The maximum Gasteiger partial charge on any atom is 0.330 e.